The molecule has 0 spiro atoms. The Hall–Kier alpha value is -2.07. The van der Waals surface area contributed by atoms with Crippen molar-refractivity contribution in [3.63, 3.8) is 0 Å². The van der Waals surface area contributed by atoms with E-state index in [9.17, 15) is 0 Å². The van der Waals surface area contributed by atoms with Crippen molar-refractivity contribution in [2.75, 3.05) is 13.6 Å². The monoisotopic (exact) mass is 296 g/mol. The van der Waals surface area contributed by atoms with Crippen LogP contribution in [0, 0.1) is 0 Å². The lowest BCUT2D eigenvalue weighted by Crippen LogP contribution is -2.20. The van der Waals surface area contributed by atoms with Crippen LogP contribution in [0.3, 0.4) is 0 Å². The Morgan fingerprint density at radius 3 is 2.91 bits per heavy atom. The fourth-order valence-electron chi connectivity index (χ4n) is 2.91. The number of imidazole rings is 1. The Labute approximate surface area is 131 Å². The summed E-state index contributed by atoms with van der Waals surface area (Å²) in [6, 6.07) is 8.55. The number of nitrogens with one attached hydrogen (secondary N) is 1. The molecular formula is C18H24N4. The van der Waals surface area contributed by atoms with Crippen molar-refractivity contribution >= 4 is 10.9 Å². The number of unbranched alkanes of at least 4 members (excludes halogenated alkanes) is 1. The molecule has 0 aliphatic heterocycles. The maximum atomic E-state index is 4.16. The molecule has 0 atom stereocenters. The van der Waals surface area contributed by atoms with E-state index >= 15 is 0 Å². The number of aromatic amines is 1. The van der Waals surface area contributed by atoms with Crippen LogP contribution in [0.25, 0.3) is 10.9 Å². The summed E-state index contributed by atoms with van der Waals surface area (Å²) in [5.74, 6) is 0. The minimum absolute atomic E-state index is 0.862. The van der Waals surface area contributed by atoms with Gasteiger partial charge in [-0.1, -0.05) is 31.5 Å². The first-order valence-electron chi connectivity index (χ1n) is 8.00. The number of hydrogen-bond donors (Lipinski definition) is 1. The van der Waals surface area contributed by atoms with Gasteiger partial charge in [-0.05, 0) is 26.1 Å². The summed E-state index contributed by atoms with van der Waals surface area (Å²) in [6.45, 7) is 5.19. The topological polar surface area (TPSA) is 36.9 Å². The average molecular weight is 296 g/mol. The van der Waals surface area contributed by atoms with Crippen molar-refractivity contribution in [3.8, 4) is 0 Å². The lowest BCUT2D eigenvalue weighted by atomic mass is 10.1. The molecule has 0 saturated carbocycles. The van der Waals surface area contributed by atoms with Crippen molar-refractivity contribution in [1.82, 2.24) is 19.4 Å². The van der Waals surface area contributed by atoms with E-state index < -0.39 is 0 Å². The van der Waals surface area contributed by atoms with E-state index in [0.29, 0.717) is 0 Å². The molecule has 0 saturated heterocycles. The summed E-state index contributed by atoms with van der Waals surface area (Å²) >= 11 is 0. The maximum absolute atomic E-state index is 4.16. The fraction of sp³-hybridized carbons (Fsp3) is 0.389. The van der Waals surface area contributed by atoms with Crippen molar-refractivity contribution in [1.29, 1.82) is 0 Å². The molecule has 2 heterocycles. The van der Waals surface area contributed by atoms with Crippen molar-refractivity contribution in [3.05, 3.63) is 54.2 Å². The van der Waals surface area contributed by atoms with Crippen LogP contribution in [0.5, 0.6) is 0 Å². The van der Waals surface area contributed by atoms with Gasteiger partial charge >= 0.3 is 0 Å². The Bertz CT molecular complexity index is 712. The van der Waals surface area contributed by atoms with E-state index in [-0.39, 0.29) is 0 Å². The first-order chi connectivity index (χ1) is 10.8. The predicted octanol–water partition coefficient (Wildman–Crippen LogP) is 3.64. The second-order valence-electron chi connectivity index (χ2n) is 5.95. The highest BCUT2D eigenvalue weighted by Gasteiger charge is 2.13. The number of benzene rings is 1. The molecule has 0 radical (unpaired) electrons. The van der Waals surface area contributed by atoms with Gasteiger partial charge in [-0.15, -0.1) is 0 Å². The minimum Gasteiger partial charge on any atom is -0.357 e. The van der Waals surface area contributed by atoms with Crippen molar-refractivity contribution in [2.24, 2.45) is 0 Å². The summed E-state index contributed by atoms with van der Waals surface area (Å²) in [4.78, 5) is 10.2. The number of H-pyrrole nitrogens is 1. The molecule has 2 aromatic heterocycles. The van der Waals surface area contributed by atoms with Crippen LogP contribution in [0.15, 0.2) is 43.0 Å². The molecule has 1 aromatic carbocycles. The molecule has 22 heavy (non-hydrogen) atoms. The number of aromatic nitrogens is 3. The SMILES string of the molecule is CCCCN(C)Cc1[nH]c2ccccc2c1Cn1ccnc1. The Morgan fingerprint density at radius 2 is 2.14 bits per heavy atom. The predicted molar refractivity (Wildman–Crippen MR) is 90.9 cm³/mol. The van der Waals surface area contributed by atoms with Gasteiger partial charge in [-0.25, -0.2) is 4.98 Å². The zero-order valence-electron chi connectivity index (χ0n) is 13.4. The Morgan fingerprint density at radius 1 is 1.27 bits per heavy atom. The average Bonchev–Trinajstić information content (AvgIpc) is 3.15. The van der Waals surface area contributed by atoms with Crippen LogP contribution in [-0.4, -0.2) is 33.0 Å². The smallest absolute Gasteiger partial charge is 0.0949 e. The lowest BCUT2D eigenvalue weighted by Gasteiger charge is -2.16. The molecule has 0 amide bonds. The van der Waals surface area contributed by atoms with E-state index in [0.717, 1.165) is 19.6 Å². The zero-order chi connectivity index (χ0) is 15.4. The summed E-state index contributed by atoms with van der Waals surface area (Å²) in [5, 5.41) is 1.31. The van der Waals surface area contributed by atoms with Gasteiger partial charge in [-0.2, -0.15) is 0 Å². The quantitative estimate of drug-likeness (QED) is 0.722. The van der Waals surface area contributed by atoms with Gasteiger partial charge in [0, 0.05) is 41.1 Å². The van der Waals surface area contributed by atoms with Gasteiger partial charge in [0.15, 0.2) is 0 Å². The van der Waals surface area contributed by atoms with Crippen LogP contribution < -0.4 is 0 Å². The molecule has 116 valence electrons. The summed E-state index contributed by atoms with van der Waals surface area (Å²) in [7, 11) is 2.20. The standard InChI is InChI=1S/C18H24N4/c1-3-4-10-21(2)13-18-16(12-22-11-9-19-14-22)15-7-5-6-8-17(15)20-18/h5-9,11,14,20H,3-4,10,12-13H2,1-2H3. The number of nitrogens with zero attached hydrogens (tertiary/aromatic N) is 3. The Balaban J connectivity index is 1.90. The summed E-state index contributed by atoms with van der Waals surface area (Å²) in [6.07, 6.45) is 8.22. The molecular weight excluding hydrogens is 272 g/mol. The van der Waals surface area contributed by atoms with E-state index in [4.69, 9.17) is 0 Å². The molecule has 0 aliphatic rings. The molecule has 0 unspecified atom stereocenters. The number of rotatable bonds is 7. The van der Waals surface area contributed by atoms with Crippen molar-refractivity contribution in [2.45, 2.75) is 32.9 Å². The summed E-state index contributed by atoms with van der Waals surface area (Å²) < 4.78 is 2.13. The van der Waals surface area contributed by atoms with Gasteiger partial charge in [0.2, 0.25) is 0 Å². The highest BCUT2D eigenvalue weighted by atomic mass is 15.1. The van der Waals surface area contributed by atoms with Gasteiger partial charge in [-0.3, -0.25) is 0 Å². The largest absolute Gasteiger partial charge is 0.357 e. The molecule has 1 N–H and O–H groups in total. The molecule has 0 aliphatic carbocycles. The highest BCUT2D eigenvalue weighted by Crippen LogP contribution is 2.24. The van der Waals surface area contributed by atoms with E-state index in [2.05, 4.69) is 57.7 Å². The molecule has 4 heteroatoms. The number of fused-ring (bicyclic) bond motifs is 1. The first-order valence-corrected chi connectivity index (χ1v) is 8.00. The third-order valence-corrected chi connectivity index (χ3v) is 4.12. The third kappa shape index (κ3) is 3.22. The second-order valence-corrected chi connectivity index (χ2v) is 5.95. The maximum Gasteiger partial charge on any atom is 0.0949 e. The highest BCUT2D eigenvalue weighted by molar-refractivity contribution is 5.84. The minimum atomic E-state index is 0.862. The van der Waals surface area contributed by atoms with Gasteiger partial charge in [0.1, 0.15) is 0 Å². The van der Waals surface area contributed by atoms with Crippen LogP contribution >= 0.6 is 0 Å². The fourth-order valence-corrected chi connectivity index (χ4v) is 2.91. The van der Waals surface area contributed by atoms with Gasteiger partial charge < -0.3 is 14.5 Å². The van der Waals surface area contributed by atoms with Crippen LogP contribution in [0.2, 0.25) is 0 Å². The van der Waals surface area contributed by atoms with E-state index in [1.54, 1.807) is 0 Å². The molecule has 4 nitrogen and oxygen atoms in total. The van der Waals surface area contributed by atoms with E-state index in [1.165, 1.54) is 35.0 Å². The zero-order valence-corrected chi connectivity index (χ0v) is 13.4. The first kappa shape index (κ1) is 14.9. The lowest BCUT2D eigenvalue weighted by molar-refractivity contribution is 0.316. The normalized spacial score (nSPS) is 11.6. The Kier molecular flexibility index (Phi) is 4.59. The van der Waals surface area contributed by atoms with Crippen LogP contribution in [0.4, 0.5) is 0 Å². The van der Waals surface area contributed by atoms with Crippen LogP contribution in [0.1, 0.15) is 31.0 Å². The molecule has 3 rings (SSSR count). The summed E-state index contributed by atoms with van der Waals surface area (Å²) in [5.41, 5.74) is 3.90. The van der Waals surface area contributed by atoms with Crippen molar-refractivity contribution < 1.29 is 0 Å². The molecule has 0 bridgehead atoms. The second kappa shape index (κ2) is 6.79. The van der Waals surface area contributed by atoms with Gasteiger partial charge in [0.05, 0.1) is 12.9 Å². The molecule has 0 fully saturated rings. The van der Waals surface area contributed by atoms with E-state index in [1.807, 2.05) is 18.7 Å². The molecule has 3 aromatic rings. The number of para-hydroxylation sites is 1. The van der Waals surface area contributed by atoms with Gasteiger partial charge in [0.25, 0.3) is 0 Å². The van der Waals surface area contributed by atoms with Crippen LogP contribution in [-0.2, 0) is 13.1 Å². The third-order valence-electron chi connectivity index (χ3n) is 4.12. The number of hydrogen-bond acceptors (Lipinski definition) is 2.